The van der Waals surface area contributed by atoms with E-state index in [9.17, 15) is 24.0 Å². The predicted molar refractivity (Wildman–Crippen MR) is 231 cm³/mol. The van der Waals surface area contributed by atoms with Crippen LogP contribution in [-0.4, -0.2) is 94.0 Å². The van der Waals surface area contributed by atoms with Gasteiger partial charge in [0.2, 0.25) is 0 Å². The van der Waals surface area contributed by atoms with Crippen molar-refractivity contribution in [1.82, 2.24) is 0 Å². The number of carbonyl (C=O) groups is 5. The molecule has 0 radical (unpaired) electrons. The predicted octanol–water partition coefficient (Wildman–Crippen LogP) is 10.9. The Morgan fingerprint density at radius 3 is 1.09 bits per heavy atom. The molecule has 0 aliphatic carbocycles. The van der Waals surface area contributed by atoms with Crippen LogP contribution in [-0.2, 0) is 47.7 Å². The summed E-state index contributed by atoms with van der Waals surface area (Å²) in [6.45, 7) is 5.30. The van der Waals surface area contributed by atoms with Gasteiger partial charge in [0.1, 0.15) is 19.8 Å². The van der Waals surface area contributed by atoms with E-state index < -0.39 is 48.7 Å². The number of rotatable bonds is 41. The largest absolute Gasteiger partial charge is 0.462 e. The number of ether oxygens (including phenoxy) is 5. The standard InChI is InChI=1S/C47H88NO10/c1-7-10-12-14-16-18-20-22-24-26-28-30-32-34-44(50)54-38-42(39-55-45(51)35-33-31-29-27-25-23-21-19-17-15-13-11-8-2)58-47(53)40-56-46(52)36-41(37-48(4,5)6)57-43(49)9-3/h41-42H,7-40H2,1-6H3/q+1/t41-/m0/s1. The lowest BCUT2D eigenvalue weighted by atomic mass is 10.0. The van der Waals surface area contributed by atoms with Crippen LogP contribution in [0.15, 0.2) is 0 Å². The first-order chi connectivity index (χ1) is 27.9. The topological polar surface area (TPSA) is 132 Å². The maximum Gasteiger partial charge on any atom is 0.344 e. The minimum Gasteiger partial charge on any atom is -0.462 e. The van der Waals surface area contributed by atoms with E-state index in [2.05, 4.69) is 13.8 Å². The van der Waals surface area contributed by atoms with Crippen LogP contribution < -0.4 is 0 Å². The molecule has 0 amide bonds. The van der Waals surface area contributed by atoms with Crippen LogP contribution in [0.3, 0.4) is 0 Å². The molecule has 0 N–H and O–H groups in total. The van der Waals surface area contributed by atoms with Crippen molar-refractivity contribution in [2.75, 3.05) is 47.5 Å². The average Bonchev–Trinajstić information content (AvgIpc) is 3.17. The van der Waals surface area contributed by atoms with Crippen molar-refractivity contribution in [2.24, 2.45) is 0 Å². The molecule has 0 aromatic carbocycles. The summed E-state index contributed by atoms with van der Waals surface area (Å²) >= 11 is 0. The lowest BCUT2D eigenvalue weighted by Crippen LogP contribution is -2.44. The fraction of sp³-hybridized carbons (Fsp3) is 0.894. The van der Waals surface area contributed by atoms with E-state index in [1.54, 1.807) is 6.92 Å². The molecule has 0 spiro atoms. The van der Waals surface area contributed by atoms with Gasteiger partial charge in [-0.1, -0.05) is 175 Å². The summed E-state index contributed by atoms with van der Waals surface area (Å²) in [7, 11) is 5.73. The van der Waals surface area contributed by atoms with Gasteiger partial charge in [-0.2, -0.15) is 0 Å². The van der Waals surface area contributed by atoms with Crippen molar-refractivity contribution in [3.05, 3.63) is 0 Å². The van der Waals surface area contributed by atoms with E-state index in [1.807, 2.05) is 21.1 Å². The molecule has 0 bridgehead atoms. The number of likely N-dealkylation sites (N-methyl/N-ethyl adjacent to an activating group) is 1. The Bertz CT molecular complexity index is 997. The third-order valence-corrected chi connectivity index (χ3v) is 10.2. The van der Waals surface area contributed by atoms with Crippen molar-refractivity contribution in [1.29, 1.82) is 0 Å². The highest BCUT2D eigenvalue weighted by Crippen LogP contribution is 2.15. The fourth-order valence-corrected chi connectivity index (χ4v) is 6.83. The van der Waals surface area contributed by atoms with Crippen LogP contribution in [0.4, 0.5) is 0 Å². The summed E-state index contributed by atoms with van der Waals surface area (Å²) in [5.74, 6) is -2.82. The summed E-state index contributed by atoms with van der Waals surface area (Å²) in [6, 6.07) is 0. The number of unbranched alkanes of at least 4 members (excludes halogenated alkanes) is 24. The summed E-state index contributed by atoms with van der Waals surface area (Å²) in [5, 5.41) is 0. The third-order valence-electron chi connectivity index (χ3n) is 10.2. The number of hydrogen-bond acceptors (Lipinski definition) is 10. The van der Waals surface area contributed by atoms with Crippen molar-refractivity contribution in [3.8, 4) is 0 Å². The number of esters is 5. The lowest BCUT2D eigenvalue weighted by Gasteiger charge is -2.28. The zero-order chi connectivity index (χ0) is 43.1. The molecule has 1 atom stereocenters. The first-order valence-electron chi connectivity index (χ1n) is 23.6. The van der Waals surface area contributed by atoms with E-state index in [-0.39, 0.29) is 38.9 Å². The van der Waals surface area contributed by atoms with Gasteiger partial charge in [0.25, 0.3) is 0 Å². The normalized spacial score (nSPS) is 12.0. The molecule has 0 fully saturated rings. The highest BCUT2D eigenvalue weighted by molar-refractivity contribution is 5.77. The zero-order valence-electron chi connectivity index (χ0n) is 38.2. The number of nitrogens with zero attached hydrogens (tertiary/aromatic N) is 1. The Kier molecular flexibility index (Phi) is 36.7. The Labute approximate surface area is 354 Å². The Morgan fingerprint density at radius 1 is 0.397 bits per heavy atom. The van der Waals surface area contributed by atoms with E-state index in [0.717, 1.165) is 25.7 Å². The van der Waals surface area contributed by atoms with Crippen LogP contribution in [0, 0.1) is 0 Å². The summed E-state index contributed by atoms with van der Waals surface area (Å²) in [6.07, 6.45) is 30.1. The molecule has 11 nitrogen and oxygen atoms in total. The Hall–Kier alpha value is -2.69. The van der Waals surface area contributed by atoms with Crippen LogP contribution in [0.5, 0.6) is 0 Å². The Morgan fingerprint density at radius 2 is 0.741 bits per heavy atom. The summed E-state index contributed by atoms with van der Waals surface area (Å²) in [5.41, 5.74) is 0. The van der Waals surface area contributed by atoms with Gasteiger partial charge in [0.05, 0.1) is 27.6 Å². The number of quaternary nitrogens is 1. The fourth-order valence-electron chi connectivity index (χ4n) is 6.83. The van der Waals surface area contributed by atoms with E-state index >= 15 is 0 Å². The van der Waals surface area contributed by atoms with E-state index in [1.165, 1.54) is 128 Å². The van der Waals surface area contributed by atoms with Gasteiger partial charge in [0, 0.05) is 19.3 Å². The SMILES string of the molecule is CCCCCCCCCCCCCCCC(=O)OCC(COC(=O)CCCCCCCCCCCCCCC)OC(=O)COC(=O)C[C@@H](C[N+](C)(C)C)OC(=O)CC. The number of hydrogen-bond donors (Lipinski definition) is 0. The molecule has 0 aliphatic heterocycles. The molecule has 0 saturated carbocycles. The maximum absolute atomic E-state index is 12.7. The van der Waals surface area contributed by atoms with Crippen molar-refractivity contribution in [3.63, 3.8) is 0 Å². The van der Waals surface area contributed by atoms with Crippen LogP contribution in [0.25, 0.3) is 0 Å². The molecule has 0 aromatic heterocycles. The molecule has 0 aromatic rings. The molecule has 0 saturated heterocycles. The molecule has 0 unspecified atom stereocenters. The second kappa shape index (κ2) is 38.5. The monoisotopic (exact) mass is 827 g/mol. The maximum atomic E-state index is 12.7. The molecule has 58 heavy (non-hydrogen) atoms. The second-order valence-corrected chi connectivity index (χ2v) is 17.3. The van der Waals surface area contributed by atoms with Gasteiger partial charge in [0.15, 0.2) is 18.8 Å². The van der Waals surface area contributed by atoms with Gasteiger partial charge in [-0.25, -0.2) is 4.79 Å². The minimum absolute atomic E-state index is 0.171. The first-order valence-corrected chi connectivity index (χ1v) is 23.6. The van der Waals surface area contributed by atoms with Crippen LogP contribution in [0.1, 0.15) is 213 Å². The molecular formula is C47H88NO10+. The molecule has 0 heterocycles. The average molecular weight is 827 g/mol. The highest BCUT2D eigenvalue weighted by atomic mass is 16.6. The van der Waals surface area contributed by atoms with E-state index in [0.29, 0.717) is 23.9 Å². The van der Waals surface area contributed by atoms with Crippen molar-refractivity contribution >= 4 is 29.8 Å². The summed E-state index contributed by atoms with van der Waals surface area (Å²) in [4.78, 5) is 62.4. The minimum atomic E-state index is -1.05. The van der Waals surface area contributed by atoms with Gasteiger partial charge < -0.3 is 28.2 Å². The van der Waals surface area contributed by atoms with Gasteiger partial charge in [-0.05, 0) is 12.8 Å². The van der Waals surface area contributed by atoms with Gasteiger partial charge in [-0.15, -0.1) is 0 Å². The highest BCUT2D eigenvalue weighted by Gasteiger charge is 2.26. The molecule has 340 valence electrons. The Balaban J connectivity index is 4.71. The number of carbonyl (C=O) groups excluding carboxylic acids is 5. The second-order valence-electron chi connectivity index (χ2n) is 17.3. The van der Waals surface area contributed by atoms with Crippen molar-refractivity contribution < 1.29 is 52.1 Å². The van der Waals surface area contributed by atoms with Gasteiger partial charge in [-0.3, -0.25) is 19.2 Å². The van der Waals surface area contributed by atoms with Gasteiger partial charge >= 0.3 is 29.8 Å². The van der Waals surface area contributed by atoms with E-state index in [4.69, 9.17) is 23.7 Å². The van der Waals surface area contributed by atoms with Crippen LogP contribution in [0.2, 0.25) is 0 Å². The lowest BCUT2D eigenvalue weighted by molar-refractivity contribution is -0.873. The quantitative estimate of drug-likeness (QED) is 0.0254. The smallest absolute Gasteiger partial charge is 0.344 e. The molecule has 0 rings (SSSR count). The van der Waals surface area contributed by atoms with Crippen molar-refractivity contribution in [2.45, 2.75) is 226 Å². The third kappa shape index (κ3) is 38.8. The van der Waals surface area contributed by atoms with Crippen LogP contribution >= 0.6 is 0 Å². The zero-order valence-corrected chi connectivity index (χ0v) is 38.2. The molecular weight excluding hydrogens is 739 g/mol. The molecule has 11 heteroatoms. The molecule has 0 aliphatic rings. The summed E-state index contributed by atoms with van der Waals surface area (Å²) < 4.78 is 27.3. The first kappa shape index (κ1) is 55.3.